The summed E-state index contributed by atoms with van der Waals surface area (Å²) in [6.07, 6.45) is 0.218. The van der Waals surface area contributed by atoms with E-state index < -0.39 is 5.91 Å². The van der Waals surface area contributed by atoms with Crippen LogP contribution in [-0.4, -0.2) is 28.8 Å². The summed E-state index contributed by atoms with van der Waals surface area (Å²) < 4.78 is 0. The van der Waals surface area contributed by atoms with Crippen LogP contribution in [0.2, 0.25) is 0 Å². The number of carbonyl (C=O) groups is 1. The smallest absolute Gasteiger partial charge is 0.247 e. The second kappa shape index (κ2) is 4.51. The van der Waals surface area contributed by atoms with Gasteiger partial charge >= 0.3 is 0 Å². The molecular weight excluding hydrogens is 148 g/mol. The highest BCUT2D eigenvalue weighted by Crippen LogP contribution is 1.85. The van der Waals surface area contributed by atoms with Crippen molar-refractivity contribution >= 4 is 11.9 Å². The SMILES string of the molecule is CCC(=O)N(O)CNC(=N)N. The molecular formula is C5H12N4O2. The van der Waals surface area contributed by atoms with Crippen LogP contribution in [0.1, 0.15) is 13.3 Å². The van der Waals surface area contributed by atoms with E-state index in [1.165, 1.54) is 0 Å². The molecule has 0 atom stereocenters. The van der Waals surface area contributed by atoms with Crippen LogP contribution in [0.5, 0.6) is 0 Å². The van der Waals surface area contributed by atoms with Gasteiger partial charge in [0.15, 0.2) is 5.96 Å². The summed E-state index contributed by atoms with van der Waals surface area (Å²) >= 11 is 0. The first-order valence-electron chi connectivity index (χ1n) is 3.15. The molecule has 0 aliphatic rings. The van der Waals surface area contributed by atoms with Crippen LogP contribution in [0, 0.1) is 5.41 Å². The molecule has 0 heterocycles. The van der Waals surface area contributed by atoms with Crippen molar-refractivity contribution in [2.24, 2.45) is 5.73 Å². The first kappa shape index (κ1) is 9.70. The molecule has 0 unspecified atom stereocenters. The molecule has 0 saturated heterocycles. The summed E-state index contributed by atoms with van der Waals surface area (Å²) in [6, 6.07) is 0. The van der Waals surface area contributed by atoms with Crippen molar-refractivity contribution in [1.29, 1.82) is 5.41 Å². The Morgan fingerprint density at radius 2 is 2.36 bits per heavy atom. The standard InChI is InChI=1S/C5H12N4O2/c1-2-4(10)9(11)3-8-5(6)7/h11H,2-3H2,1H3,(H4,6,7,8). The molecule has 5 N–H and O–H groups in total. The molecule has 6 nitrogen and oxygen atoms in total. The van der Waals surface area contributed by atoms with Crippen molar-refractivity contribution in [3.05, 3.63) is 0 Å². The minimum atomic E-state index is -0.418. The molecule has 0 aromatic rings. The first-order chi connectivity index (χ1) is 5.07. The molecule has 0 aliphatic heterocycles. The largest absolute Gasteiger partial charge is 0.370 e. The number of guanidine groups is 1. The van der Waals surface area contributed by atoms with Crippen LogP contribution in [0.3, 0.4) is 0 Å². The lowest BCUT2D eigenvalue weighted by molar-refractivity contribution is -0.165. The Morgan fingerprint density at radius 3 is 2.73 bits per heavy atom. The minimum absolute atomic E-state index is 0.151. The Kier molecular flexibility index (Phi) is 3.97. The molecule has 11 heavy (non-hydrogen) atoms. The van der Waals surface area contributed by atoms with E-state index in [1.54, 1.807) is 6.92 Å². The Hall–Kier alpha value is -1.30. The van der Waals surface area contributed by atoms with Gasteiger partial charge in [0, 0.05) is 6.42 Å². The summed E-state index contributed by atoms with van der Waals surface area (Å²) in [6.45, 7) is 1.47. The number of nitrogens with two attached hydrogens (primary N) is 1. The van der Waals surface area contributed by atoms with Crippen molar-refractivity contribution in [1.82, 2.24) is 10.4 Å². The van der Waals surface area contributed by atoms with E-state index >= 15 is 0 Å². The Balaban J connectivity index is 3.60. The predicted molar refractivity (Wildman–Crippen MR) is 38.8 cm³/mol. The second-order valence-electron chi connectivity index (χ2n) is 1.90. The quantitative estimate of drug-likeness (QED) is 0.140. The van der Waals surface area contributed by atoms with Crippen molar-refractivity contribution in [2.45, 2.75) is 13.3 Å². The first-order valence-corrected chi connectivity index (χ1v) is 3.15. The Labute approximate surface area is 64.4 Å². The molecule has 0 spiro atoms. The fourth-order valence-corrected chi connectivity index (χ4v) is 0.431. The summed E-state index contributed by atoms with van der Waals surface area (Å²) in [5.41, 5.74) is 4.91. The van der Waals surface area contributed by atoms with Gasteiger partial charge in [0.1, 0.15) is 6.67 Å². The van der Waals surface area contributed by atoms with Crippen LogP contribution in [0.4, 0.5) is 0 Å². The summed E-state index contributed by atoms with van der Waals surface area (Å²) in [5, 5.41) is 18.3. The highest BCUT2D eigenvalue weighted by molar-refractivity contribution is 5.76. The van der Waals surface area contributed by atoms with E-state index in [0.29, 0.717) is 5.06 Å². The number of hydrogen-bond donors (Lipinski definition) is 4. The van der Waals surface area contributed by atoms with Gasteiger partial charge in [-0.1, -0.05) is 6.92 Å². The lowest BCUT2D eigenvalue weighted by atomic mass is 10.4. The maximum absolute atomic E-state index is 10.6. The third kappa shape index (κ3) is 4.15. The number of hydrogen-bond acceptors (Lipinski definition) is 3. The topological polar surface area (TPSA) is 102 Å². The van der Waals surface area contributed by atoms with Crippen LogP contribution in [0.15, 0.2) is 0 Å². The highest BCUT2D eigenvalue weighted by atomic mass is 16.5. The molecule has 0 saturated carbocycles. The number of nitrogens with zero attached hydrogens (tertiary/aromatic N) is 1. The summed E-state index contributed by atoms with van der Waals surface area (Å²) in [5.74, 6) is -0.702. The van der Waals surface area contributed by atoms with Gasteiger partial charge in [0.25, 0.3) is 0 Å². The van der Waals surface area contributed by atoms with Crippen LogP contribution >= 0.6 is 0 Å². The third-order valence-corrected chi connectivity index (χ3v) is 1.01. The van der Waals surface area contributed by atoms with E-state index in [-0.39, 0.29) is 19.0 Å². The molecule has 0 radical (unpaired) electrons. The third-order valence-electron chi connectivity index (χ3n) is 1.01. The average Bonchev–Trinajstić information content (AvgIpc) is 1.98. The number of nitrogens with one attached hydrogen (secondary N) is 2. The van der Waals surface area contributed by atoms with Gasteiger partial charge in [-0.2, -0.15) is 0 Å². The molecule has 0 fully saturated rings. The summed E-state index contributed by atoms with van der Waals surface area (Å²) in [7, 11) is 0. The number of carbonyl (C=O) groups excluding carboxylic acids is 1. The molecule has 0 aliphatic carbocycles. The summed E-state index contributed by atoms with van der Waals surface area (Å²) in [4.78, 5) is 10.6. The van der Waals surface area contributed by atoms with E-state index in [1.807, 2.05) is 0 Å². The fourth-order valence-electron chi connectivity index (χ4n) is 0.431. The molecule has 6 heteroatoms. The van der Waals surface area contributed by atoms with Crippen molar-refractivity contribution < 1.29 is 10.0 Å². The zero-order chi connectivity index (χ0) is 8.85. The maximum atomic E-state index is 10.6. The van der Waals surface area contributed by atoms with Gasteiger partial charge in [-0.25, -0.2) is 5.06 Å². The maximum Gasteiger partial charge on any atom is 0.247 e. The average molecular weight is 160 g/mol. The van der Waals surface area contributed by atoms with Crippen LogP contribution in [-0.2, 0) is 4.79 Å². The van der Waals surface area contributed by atoms with Crippen LogP contribution in [0.25, 0.3) is 0 Å². The zero-order valence-electron chi connectivity index (χ0n) is 6.29. The van der Waals surface area contributed by atoms with Gasteiger partial charge in [-0.15, -0.1) is 0 Å². The zero-order valence-corrected chi connectivity index (χ0v) is 6.29. The highest BCUT2D eigenvalue weighted by Gasteiger charge is 2.06. The lowest BCUT2D eigenvalue weighted by Gasteiger charge is -2.13. The molecule has 0 aromatic heterocycles. The van der Waals surface area contributed by atoms with Crippen molar-refractivity contribution in [3.8, 4) is 0 Å². The molecule has 0 aromatic carbocycles. The van der Waals surface area contributed by atoms with E-state index in [9.17, 15) is 4.79 Å². The molecule has 0 bridgehead atoms. The van der Waals surface area contributed by atoms with Gasteiger partial charge in [0.2, 0.25) is 5.91 Å². The molecule has 64 valence electrons. The second-order valence-corrected chi connectivity index (χ2v) is 1.90. The Bertz CT molecular complexity index is 159. The van der Waals surface area contributed by atoms with Gasteiger partial charge in [-0.3, -0.25) is 15.4 Å². The Morgan fingerprint density at radius 1 is 1.82 bits per heavy atom. The predicted octanol–water partition coefficient (Wildman–Crippen LogP) is -0.945. The monoisotopic (exact) mass is 160 g/mol. The van der Waals surface area contributed by atoms with E-state index in [4.69, 9.17) is 16.4 Å². The number of amides is 1. The van der Waals surface area contributed by atoms with Crippen LogP contribution < -0.4 is 11.1 Å². The normalized spacial score (nSPS) is 8.91. The van der Waals surface area contributed by atoms with Gasteiger partial charge < -0.3 is 11.1 Å². The fraction of sp³-hybridized carbons (Fsp3) is 0.600. The lowest BCUT2D eigenvalue weighted by Crippen LogP contribution is -2.41. The minimum Gasteiger partial charge on any atom is -0.370 e. The number of hydroxylamine groups is 2. The van der Waals surface area contributed by atoms with E-state index in [2.05, 4.69) is 5.32 Å². The molecule has 1 amide bonds. The van der Waals surface area contributed by atoms with E-state index in [0.717, 1.165) is 0 Å². The number of rotatable bonds is 3. The van der Waals surface area contributed by atoms with Crippen molar-refractivity contribution in [2.75, 3.05) is 6.67 Å². The van der Waals surface area contributed by atoms with Gasteiger partial charge in [-0.05, 0) is 0 Å². The van der Waals surface area contributed by atoms with Crippen molar-refractivity contribution in [3.63, 3.8) is 0 Å². The molecule has 0 rings (SSSR count). The van der Waals surface area contributed by atoms with Gasteiger partial charge in [0.05, 0.1) is 0 Å².